The predicted octanol–water partition coefficient (Wildman–Crippen LogP) is 2.35. The summed E-state index contributed by atoms with van der Waals surface area (Å²) in [5.74, 6) is -0.860. The Kier molecular flexibility index (Phi) is 4.83. The number of carbonyl (C=O) groups excluding carboxylic acids is 2. The molecule has 1 N–H and O–H groups in total. The summed E-state index contributed by atoms with van der Waals surface area (Å²) in [5.41, 5.74) is 0.507. The third-order valence-corrected chi connectivity index (χ3v) is 4.32. The van der Waals surface area contributed by atoms with Crippen LogP contribution in [0.3, 0.4) is 0 Å². The second-order valence-electron chi connectivity index (χ2n) is 5.28. The molecule has 21 heavy (non-hydrogen) atoms. The Labute approximate surface area is 128 Å². The number of amides is 2. The molecule has 1 aliphatic heterocycles. The monoisotopic (exact) mass is 312 g/mol. The molecule has 114 valence electrons. The second-order valence-corrected chi connectivity index (χ2v) is 5.66. The minimum Gasteiger partial charge on any atom is -0.345 e. The highest BCUT2D eigenvalue weighted by Gasteiger charge is 2.37. The summed E-state index contributed by atoms with van der Waals surface area (Å²) in [5, 5.41) is 2.60. The number of benzene rings is 1. The quantitative estimate of drug-likeness (QED) is 0.928. The fourth-order valence-corrected chi connectivity index (χ4v) is 2.68. The van der Waals surface area contributed by atoms with Crippen molar-refractivity contribution in [3.05, 3.63) is 34.6 Å². The number of nitrogens with one attached hydrogen (secondary N) is 1. The summed E-state index contributed by atoms with van der Waals surface area (Å²) in [6.45, 7) is 3.99. The Morgan fingerprint density at radius 1 is 1.48 bits per heavy atom. The maximum absolute atomic E-state index is 13.5. The molecule has 1 heterocycles. The summed E-state index contributed by atoms with van der Waals surface area (Å²) >= 11 is 5.94. The molecule has 1 aromatic rings. The van der Waals surface area contributed by atoms with Gasteiger partial charge in [-0.3, -0.25) is 9.59 Å². The maximum Gasteiger partial charge on any atom is 0.243 e. The Balaban J connectivity index is 2.31. The van der Waals surface area contributed by atoms with Crippen molar-refractivity contribution < 1.29 is 14.0 Å². The zero-order chi connectivity index (χ0) is 15.6. The molecule has 1 fully saturated rings. The fourth-order valence-electron chi connectivity index (χ4n) is 2.49. The highest BCUT2D eigenvalue weighted by molar-refractivity contribution is 6.31. The summed E-state index contributed by atoms with van der Waals surface area (Å²) in [6, 6.07) is 3.93. The third kappa shape index (κ3) is 3.18. The summed E-state index contributed by atoms with van der Waals surface area (Å²) < 4.78 is 13.5. The number of hydrogen-bond acceptors (Lipinski definition) is 2. The van der Waals surface area contributed by atoms with E-state index in [1.165, 1.54) is 11.0 Å². The van der Waals surface area contributed by atoms with Crippen LogP contribution >= 0.6 is 11.6 Å². The van der Waals surface area contributed by atoms with Gasteiger partial charge in [-0.1, -0.05) is 44.0 Å². The van der Waals surface area contributed by atoms with Crippen LogP contribution in [0.1, 0.15) is 25.8 Å². The second kappa shape index (κ2) is 6.43. The largest absolute Gasteiger partial charge is 0.345 e. The van der Waals surface area contributed by atoms with Gasteiger partial charge in [0.1, 0.15) is 11.9 Å². The lowest BCUT2D eigenvalue weighted by Crippen LogP contribution is -2.60. The van der Waals surface area contributed by atoms with Crippen LogP contribution in [0, 0.1) is 11.7 Å². The molecule has 2 unspecified atom stereocenters. The van der Waals surface area contributed by atoms with Crippen molar-refractivity contribution in [2.75, 3.05) is 6.54 Å². The van der Waals surface area contributed by atoms with E-state index in [-0.39, 0.29) is 35.8 Å². The smallest absolute Gasteiger partial charge is 0.243 e. The van der Waals surface area contributed by atoms with Crippen LogP contribution in [0.15, 0.2) is 18.2 Å². The lowest BCUT2D eigenvalue weighted by molar-refractivity contribution is -0.148. The lowest BCUT2D eigenvalue weighted by Gasteiger charge is -2.38. The molecule has 0 saturated carbocycles. The number of piperazine rings is 1. The van der Waals surface area contributed by atoms with Gasteiger partial charge < -0.3 is 10.2 Å². The molecular weight excluding hydrogens is 295 g/mol. The molecule has 0 aliphatic carbocycles. The lowest BCUT2D eigenvalue weighted by atomic mass is 9.94. The highest BCUT2D eigenvalue weighted by atomic mass is 35.5. The predicted molar refractivity (Wildman–Crippen MR) is 78.2 cm³/mol. The molecule has 0 bridgehead atoms. The molecule has 1 aliphatic rings. The molecule has 0 aromatic heterocycles. The first-order valence-corrected chi connectivity index (χ1v) is 7.33. The first-order chi connectivity index (χ1) is 9.95. The minimum atomic E-state index is -0.546. The van der Waals surface area contributed by atoms with Crippen molar-refractivity contribution in [2.24, 2.45) is 5.92 Å². The Morgan fingerprint density at radius 3 is 2.86 bits per heavy atom. The number of rotatable bonds is 4. The molecule has 0 spiro atoms. The molecule has 2 rings (SSSR count). The standard InChI is InChI=1S/C15H18ClFN2O2/c1-3-9(2)14-15(21)18-7-12(20)19(14)8-10-5-4-6-11(17)13(10)16/h4-6,9,14H,3,7-8H2,1-2H3,(H,18,21). The normalized spacial score (nSPS) is 20.4. The minimum absolute atomic E-state index is 0.000756. The van der Waals surface area contributed by atoms with Gasteiger partial charge >= 0.3 is 0 Å². The van der Waals surface area contributed by atoms with Crippen molar-refractivity contribution >= 4 is 23.4 Å². The Bertz CT molecular complexity index is 565. The summed E-state index contributed by atoms with van der Waals surface area (Å²) in [4.78, 5) is 25.7. The van der Waals surface area contributed by atoms with Crippen LogP contribution < -0.4 is 5.32 Å². The van der Waals surface area contributed by atoms with Crippen LogP contribution in [0.5, 0.6) is 0 Å². The van der Waals surface area contributed by atoms with Crippen molar-refractivity contribution in [1.82, 2.24) is 10.2 Å². The van der Waals surface area contributed by atoms with E-state index in [0.29, 0.717) is 5.56 Å². The van der Waals surface area contributed by atoms with E-state index < -0.39 is 11.9 Å². The van der Waals surface area contributed by atoms with Crippen molar-refractivity contribution in [3.63, 3.8) is 0 Å². The third-order valence-electron chi connectivity index (χ3n) is 3.89. The van der Waals surface area contributed by atoms with E-state index in [0.717, 1.165) is 6.42 Å². The van der Waals surface area contributed by atoms with Crippen molar-refractivity contribution in [3.8, 4) is 0 Å². The van der Waals surface area contributed by atoms with E-state index in [2.05, 4.69) is 5.32 Å². The van der Waals surface area contributed by atoms with Crippen molar-refractivity contribution in [2.45, 2.75) is 32.9 Å². The van der Waals surface area contributed by atoms with Crippen LogP contribution in [-0.4, -0.2) is 29.3 Å². The first kappa shape index (κ1) is 15.8. The summed E-state index contributed by atoms with van der Waals surface area (Å²) in [6.07, 6.45) is 0.763. The zero-order valence-electron chi connectivity index (χ0n) is 12.0. The SMILES string of the molecule is CCC(C)C1C(=O)NCC(=O)N1Cc1cccc(F)c1Cl. The van der Waals surface area contributed by atoms with Crippen LogP contribution in [-0.2, 0) is 16.1 Å². The van der Waals surface area contributed by atoms with Gasteiger partial charge in [-0.25, -0.2) is 4.39 Å². The van der Waals surface area contributed by atoms with E-state index in [4.69, 9.17) is 11.6 Å². The fraction of sp³-hybridized carbons (Fsp3) is 0.467. The van der Waals surface area contributed by atoms with Gasteiger partial charge in [0.05, 0.1) is 11.6 Å². The molecule has 0 radical (unpaired) electrons. The van der Waals surface area contributed by atoms with Crippen LogP contribution in [0.4, 0.5) is 4.39 Å². The van der Waals surface area contributed by atoms with E-state index in [9.17, 15) is 14.0 Å². The first-order valence-electron chi connectivity index (χ1n) is 6.95. The van der Waals surface area contributed by atoms with E-state index >= 15 is 0 Å². The maximum atomic E-state index is 13.5. The summed E-state index contributed by atoms with van der Waals surface area (Å²) in [7, 11) is 0. The number of nitrogens with zero attached hydrogens (tertiary/aromatic N) is 1. The number of halogens is 2. The number of hydrogen-bond donors (Lipinski definition) is 1. The van der Waals surface area contributed by atoms with E-state index in [1.54, 1.807) is 12.1 Å². The topological polar surface area (TPSA) is 49.4 Å². The van der Waals surface area contributed by atoms with Crippen molar-refractivity contribution in [1.29, 1.82) is 0 Å². The number of carbonyl (C=O) groups is 2. The molecule has 2 amide bonds. The van der Waals surface area contributed by atoms with Crippen LogP contribution in [0.2, 0.25) is 5.02 Å². The molecular formula is C15H18ClFN2O2. The molecule has 4 nitrogen and oxygen atoms in total. The van der Waals surface area contributed by atoms with E-state index in [1.807, 2.05) is 13.8 Å². The molecule has 1 saturated heterocycles. The van der Waals surface area contributed by atoms with Gasteiger partial charge in [0, 0.05) is 6.54 Å². The van der Waals surface area contributed by atoms with Gasteiger partial charge in [0.2, 0.25) is 11.8 Å². The molecule has 1 aromatic carbocycles. The average Bonchev–Trinajstić information content (AvgIpc) is 2.47. The highest BCUT2D eigenvalue weighted by Crippen LogP contribution is 2.25. The van der Waals surface area contributed by atoms with Crippen LogP contribution in [0.25, 0.3) is 0 Å². The van der Waals surface area contributed by atoms with Gasteiger partial charge in [-0.2, -0.15) is 0 Å². The molecule has 6 heteroatoms. The zero-order valence-corrected chi connectivity index (χ0v) is 12.8. The van der Waals surface area contributed by atoms with Gasteiger partial charge in [-0.05, 0) is 17.5 Å². The van der Waals surface area contributed by atoms with Gasteiger partial charge in [0.15, 0.2) is 0 Å². The Morgan fingerprint density at radius 2 is 2.19 bits per heavy atom. The molecule has 2 atom stereocenters. The van der Waals surface area contributed by atoms with Gasteiger partial charge in [-0.15, -0.1) is 0 Å². The Hall–Kier alpha value is -1.62. The average molecular weight is 313 g/mol. The van der Waals surface area contributed by atoms with Gasteiger partial charge in [0.25, 0.3) is 0 Å².